The number of hydrogen-bond acceptors (Lipinski definition) is 5. The first-order valence-corrected chi connectivity index (χ1v) is 8.71. The number of carbonyl (C=O) groups excluding carboxylic acids is 2. The Bertz CT molecular complexity index is 771. The van der Waals surface area contributed by atoms with Crippen molar-refractivity contribution in [2.24, 2.45) is 0 Å². The number of anilines is 2. The van der Waals surface area contributed by atoms with Crippen LogP contribution in [0.2, 0.25) is 0 Å². The number of nitrogens with one attached hydrogen (secondary N) is 1. The summed E-state index contributed by atoms with van der Waals surface area (Å²) in [4.78, 5) is 26.3. The van der Waals surface area contributed by atoms with Crippen LogP contribution in [0.15, 0.2) is 48.5 Å². The van der Waals surface area contributed by atoms with Crippen LogP contribution in [-0.2, 0) is 9.59 Å². The molecule has 2 aromatic carbocycles. The minimum atomic E-state index is -0.577. The number of amides is 2. The van der Waals surface area contributed by atoms with Gasteiger partial charge >= 0.3 is 0 Å². The van der Waals surface area contributed by atoms with Gasteiger partial charge in [0.25, 0.3) is 5.91 Å². The van der Waals surface area contributed by atoms with E-state index in [0.29, 0.717) is 24.7 Å². The molecule has 0 radical (unpaired) electrons. The average Bonchev–Trinajstić information content (AvgIpc) is 2.92. The SMILES string of the molecule is CCOc1ccc(N[C@H]2CC(=O)N(c3ccc(OCC)cc3)C2=O)cc1. The lowest BCUT2D eigenvalue weighted by Crippen LogP contribution is -2.34. The second kappa shape index (κ2) is 7.91. The summed E-state index contributed by atoms with van der Waals surface area (Å²) in [5, 5.41) is 3.13. The quantitative estimate of drug-likeness (QED) is 0.773. The third-order valence-corrected chi connectivity index (χ3v) is 4.06. The van der Waals surface area contributed by atoms with E-state index in [4.69, 9.17) is 9.47 Å². The van der Waals surface area contributed by atoms with Gasteiger partial charge in [-0.2, -0.15) is 0 Å². The van der Waals surface area contributed by atoms with Gasteiger partial charge in [0.15, 0.2) is 0 Å². The predicted molar refractivity (Wildman–Crippen MR) is 99.7 cm³/mol. The van der Waals surface area contributed by atoms with Crippen molar-refractivity contribution in [1.29, 1.82) is 0 Å². The van der Waals surface area contributed by atoms with E-state index < -0.39 is 6.04 Å². The molecule has 2 amide bonds. The van der Waals surface area contributed by atoms with E-state index in [9.17, 15) is 9.59 Å². The fourth-order valence-electron chi connectivity index (χ4n) is 2.89. The van der Waals surface area contributed by atoms with Gasteiger partial charge in [-0.3, -0.25) is 9.59 Å². The lowest BCUT2D eigenvalue weighted by atomic mass is 10.2. The van der Waals surface area contributed by atoms with E-state index in [-0.39, 0.29) is 18.2 Å². The Morgan fingerprint density at radius 1 is 0.923 bits per heavy atom. The summed E-state index contributed by atoms with van der Waals surface area (Å²) in [5.41, 5.74) is 1.33. The maximum absolute atomic E-state index is 12.7. The molecule has 2 aromatic rings. The zero-order valence-corrected chi connectivity index (χ0v) is 14.9. The van der Waals surface area contributed by atoms with E-state index in [1.165, 1.54) is 4.90 Å². The fraction of sp³-hybridized carbons (Fsp3) is 0.300. The van der Waals surface area contributed by atoms with Crippen LogP contribution in [0.4, 0.5) is 11.4 Å². The third-order valence-electron chi connectivity index (χ3n) is 4.06. The Morgan fingerprint density at radius 3 is 2.00 bits per heavy atom. The number of imide groups is 1. The van der Waals surface area contributed by atoms with Crippen LogP contribution in [0.5, 0.6) is 11.5 Å². The van der Waals surface area contributed by atoms with Crippen molar-refractivity contribution in [3.05, 3.63) is 48.5 Å². The molecule has 1 saturated heterocycles. The van der Waals surface area contributed by atoms with Crippen molar-refractivity contribution in [1.82, 2.24) is 0 Å². The lowest BCUT2D eigenvalue weighted by molar-refractivity contribution is -0.121. The number of nitrogens with zero attached hydrogens (tertiary/aromatic N) is 1. The van der Waals surface area contributed by atoms with Crippen molar-refractivity contribution in [3.63, 3.8) is 0 Å². The summed E-state index contributed by atoms with van der Waals surface area (Å²) in [6.07, 6.45) is 0.124. The highest BCUT2D eigenvalue weighted by atomic mass is 16.5. The van der Waals surface area contributed by atoms with Crippen molar-refractivity contribution < 1.29 is 19.1 Å². The van der Waals surface area contributed by atoms with Gasteiger partial charge in [-0.25, -0.2) is 4.90 Å². The number of benzene rings is 2. The molecule has 3 rings (SSSR count). The number of ether oxygens (including phenoxy) is 2. The van der Waals surface area contributed by atoms with Crippen LogP contribution in [0, 0.1) is 0 Å². The normalized spacial score (nSPS) is 16.7. The highest BCUT2D eigenvalue weighted by molar-refractivity contribution is 6.23. The summed E-state index contributed by atoms with van der Waals surface area (Å²) in [6, 6.07) is 13.7. The van der Waals surface area contributed by atoms with Gasteiger partial charge in [0, 0.05) is 5.69 Å². The van der Waals surface area contributed by atoms with Gasteiger partial charge in [-0.1, -0.05) is 0 Å². The summed E-state index contributed by atoms with van der Waals surface area (Å²) >= 11 is 0. The molecular weight excluding hydrogens is 332 g/mol. The third kappa shape index (κ3) is 3.79. The smallest absolute Gasteiger partial charge is 0.256 e. The van der Waals surface area contributed by atoms with Crippen LogP contribution >= 0.6 is 0 Å². The van der Waals surface area contributed by atoms with Gasteiger partial charge in [-0.15, -0.1) is 0 Å². The van der Waals surface area contributed by atoms with Gasteiger partial charge in [0.1, 0.15) is 17.5 Å². The van der Waals surface area contributed by atoms with E-state index in [2.05, 4.69) is 5.32 Å². The summed E-state index contributed by atoms with van der Waals surface area (Å²) < 4.78 is 10.8. The molecule has 1 N–H and O–H groups in total. The topological polar surface area (TPSA) is 67.9 Å². The standard InChI is InChI=1S/C20H22N2O4/c1-3-25-16-9-5-14(6-10-16)21-18-13-19(23)22(20(18)24)15-7-11-17(12-8-15)26-4-2/h5-12,18,21H,3-4,13H2,1-2H3/t18-/m0/s1. The Kier molecular flexibility index (Phi) is 5.41. The number of rotatable bonds is 7. The number of carbonyl (C=O) groups is 2. The molecule has 1 aliphatic rings. The zero-order chi connectivity index (χ0) is 18.5. The summed E-state index contributed by atoms with van der Waals surface area (Å²) in [5.74, 6) is 0.998. The molecule has 1 heterocycles. The Morgan fingerprint density at radius 2 is 1.46 bits per heavy atom. The largest absolute Gasteiger partial charge is 0.494 e. The molecule has 0 aromatic heterocycles. The van der Waals surface area contributed by atoms with Crippen molar-refractivity contribution in [3.8, 4) is 11.5 Å². The van der Waals surface area contributed by atoms with Gasteiger partial charge in [0.05, 0.1) is 25.3 Å². The maximum Gasteiger partial charge on any atom is 0.256 e. The number of hydrogen-bond donors (Lipinski definition) is 1. The van der Waals surface area contributed by atoms with Crippen LogP contribution in [0.1, 0.15) is 20.3 Å². The molecule has 136 valence electrons. The molecule has 1 atom stereocenters. The van der Waals surface area contributed by atoms with Crippen molar-refractivity contribution >= 4 is 23.2 Å². The van der Waals surface area contributed by atoms with Gasteiger partial charge in [-0.05, 0) is 62.4 Å². The summed E-state index contributed by atoms with van der Waals surface area (Å²) in [6.45, 7) is 4.98. The van der Waals surface area contributed by atoms with Crippen molar-refractivity contribution in [2.75, 3.05) is 23.4 Å². The van der Waals surface area contributed by atoms with Crippen LogP contribution in [0.3, 0.4) is 0 Å². The molecular formula is C20H22N2O4. The molecule has 6 nitrogen and oxygen atoms in total. The highest BCUT2D eigenvalue weighted by Gasteiger charge is 2.39. The fourth-order valence-corrected chi connectivity index (χ4v) is 2.89. The van der Waals surface area contributed by atoms with Gasteiger partial charge in [0.2, 0.25) is 5.91 Å². The van der Waals surface area contributed by atoms with Crippen LogP contribution in [0.25, 0.3) is 0 Å². The molecule has 1 fully saturated rings. The first kappa shape index (κ1) is 17.8. The van der Waals surface area contributed by atoms with Gasteiger partial charge < -0.3 is 14.8 Å². The van der Waals surface area contributed by atoms with E-state index >= 15 is 0 Å². The monoisotopic (exact) mass is 354 g/mol. The molecule has 26 heavy (non-hydrogen) atoms. The van der Waals surface area contributed by atoms with Crippen LogP contribution in [-0.4, -0.2) is 31.1 Å². The molecule has 6 heteroatoms. The molecule has 0 unspecified atom stereocenters. The lowest BCUT2D eigenvalue weighted by Gasteiger charge is -2.16. The van der Waals surface area contributed by atoms with E-state index in [0.717, 1.165) is 11.4 Å². The Balaban J connectivity index is 1.70. The molecule has 0 saturated carbocycles. The Labute approximate surface area is 152 Å². The zero-order valence-electron chi connectivity index (χ0n) is 14.9. The van der Waals surface area contributed by atoms with Crippen LogP contribution < -0.4 is 19.7 Å². The minimum absolute atomic E-state index is 0.124. The predicted octanol–water partition coefficient (Wildman–Crippen LogP) is 3.23. The Hall–Kier alpha value is -3.02. The average molecular weight is 354 g/mol. The minimum Gasteiger partial charge on any atom is -0.494 e. The first-order chi connectivity index (χ1) is 12.6. The highest BCUT2D eigenvalue weighted by Crippen LogP contribution is 2.27. The van der Waals surface area contributed by atoms with E-state index in [1.54, 1.807) is 24.3 Å². The molecule has 0 bridgehead atoms. The maximum atomic E-state index is 12.7. The second-order valence-electron chi connectivity index (χ2n) is 5.85. The summed E-state index contributed by atoms with van der Waals surface area (Å²) in [7, 11) is 0. The molecule has 1 aliphatic heterocycles. The van der Waals surface area contributed by atoms with E-state index in [1.807, 2.05) is 38.1 Å². The first-order valence-electron chi connectivity index (χ1n) is 8.71. The molecule has 0 aliphatic carbocycles. The molecule has 0 spiro atoms. The second-order valence-corrected chi connectivity index (χ2v) is 5.85. The van der Waals surface area contributed by atoms with Crippen molar-refractivity contribution in [2.45, 2.75) is 26.3 Å².